The summed E-state index contributed by atoms with van der Waals surface area (Å²) in [5.74, 6) is -5.78. The Hall–Kier alpha value is -4.74. The number of hydrogen-bond donors (Lipinski definition) is 4. The van der Waals surface area contributed by atoms with Crippen LogP contribution in [-0.4, -0.2) is 62.5 Å². The zero-order valence-corrected chi connectivity index (χ0v) is 22.7. The van der Waals surface area contributed by atoms with Crippen molar-refractivity contribution >= 4 is 52.6 Å². The Labute approximate surface area is 240 Å². The van der Waals surface area contributed by atoms with Gasteiger partial charge in [0.1, 0.15) is 6.04 Å². The van der Waals surface area contributed by atoms with E-state index in [4.69, 9.17) is 17.3 Å². The average Bonchev–Trinajstić information content (AvgIpc) is 2.92. The van der Waals surface area contributed by atoms with Crippen LogP contribution in [0.2, 0.25) is 5.02 Å². The van der Waals surface area contributed by atoms with Gasteiger partial charge in [-0.05, 0) is 53.4 Å². The molecule has 3 aromatic rings. The van der Waals surface area contributed by atoms with E-state index in [1.807, 2.05) is 0 Å². The first kappa shape index (κ1) is 30.8. The number of carboxylic acids is 2. The third-order valence-electron chi connectivity index (χ3n) is 6.33. The highest BCUT2D eigenvalue weighted by Crippen LogP contribution is 2.33. The van der Waals surface area contributed by atoms with Gasteiger partial charge >= 0.3 is 17.8 Å². The summed E-state index contributed by atoms with van der Waals surface area (Å²) in [6.07, 6.45) is -0.0654. The molecule has 0 unspecified atom stereocenters. The number of rotatable bonds is 11. The number of nitrogens with zero attached hydrogens (tertiary/aromatic N) is 2. The molecule has 3 rings (SSSR count). The van der Waals surface area contributed by atoms with Crippen molar-refractivity contribution in [1.29, 1.82) is 0 Å². The van der Waals surface area contributed by atoms with Crippen LogP contribution in [0.15, 0.2) is 66.7 Å². The third kappa shape index (κ3) is 7.47. The Morgan fingerprint density at radius 3 is 2.10 bits per heavy atom. The monoisotopic (exact) mass is 581 g/mol. The van der Waals surface area contributed by atoms with E-state index in [0.29, 0.717) is 21.7 Å². The number of aliphatic hydroxyl groups is 1. The van der Waals surface area contributed by atoms with Crippen LogP contribution in [0.3, 0.4) is 0 Å². The van der Waals surface area contributed by atoms with Gasteiger partial charge in [0.15, 0.2) is 0 Å². The van der Waals surface area contributed by atoms with E-state index in [1.54, 1.807) is 30.3 Å². The maximum atomic E-state index is 12.8. The minimum Gasteiger partial charge on any atom is -0.478 e. The molecule has 0 heterocycles. The first-order chi connectivity index (χ1) is 19.4. The molecular formula is C29H28ClN3O8. The van der Waals surface area contributed by atoms with Gasteiger partial charge in [-0.25, -0.2) is 9.59 Å². The number of nitrogens with two attached hydrogens (primary N) is 1. The van der Waals surface area contributed by atoms with E-state index in [-0.39, 0.29) is 42.9 Å². The number of anilines is 2. The van der Waals surface area contributed by atoms with E-state index in [9.17, 15) is 39.3 Å². The summed E-state index contributed by atoms with van der Waals surface area (Å²) < 4.78 is 0. The van der Waals surface area contributed by atoms with Gasteiger partial charge in [0, 0.05) is 31.5 Å². The van der Waals surface area contributed by atoms with Crippen molar-refractivity contribution < 1.29 is 39.3 Å². The van der Waals surface area contributed by atoms with Crippen LogP contribution >= 0.6 is 11.6 Å². The molecule has 0 radical (unpaired) electrons. The number of primary amides is 1. The fourth-order valence-electron chi connectivity index (χ4n) is 4.41. The highest BCUT2D eigenvalue weighted by atomic mass is 35.5. The highest BCUT2D eigenvalue weighted by molar-refractivity contribution is 6.39. The molecule has 12 heteroatoms. The molecule has 5 N–H and O–H groups in total. The number of aliphatic hydroxyl groups excluding tert-OH is 1. The molecular weight excluding hydrogens is 554 g/mol. The lowest BCUT2D eigenvalue weighted by atomic mass is 9.97. The number of carboxylic acid groups (broad SMARTS) is 2. The standard InChI is InChI=1S/C29H28ClN3O8/c1-17(35)32(16-18-6-9-21(30)10-7-18)25(26(31)36)15-19-8-11-23(20(14-19)12-13-34)33(27(37)29(40)41)24-5-3-2-4-22(24)28(38)39/h2-11,14,25,34H,12-13,15-16H2,1H3,(H2,31,36)(H,38,39)(H,40,41)/t25-/m0/s1. The van der Waals surface area contributed by atoms with Gasteiger partial charge in [0.25, 0.3) is 0 Å². The number of halogens is 1. The van der Waals surface area contributed by atoms with E-state index >= 15 is 0 Å². The molecule has 0 fully saturated rings. The SMILES string of the molecule is CC(=O)N(Cc1ccc(Cl)cc1)[C@@H](Cc1ccc(N(C(=O)C(=O)O)c2ccccc2C(=O)O)c(CCO)c1)C(N)=O. The minimum absolute atomic E-state index is 0.0280. The molecule has 0 saturated carbocycles. The minimum atomic E-state index is -1.82. The van der Waals surface area contributed by atoms with Crippen molar-refractivity contribution in [3.63, 3.8) is 0 Å². The summed E-state index contributed by atoms with van der Waals surface area (Å²) in [4.78, 5) is 63.6. The molecule has 0 aliphatic heterocycles. The van der Waals surface area contributed by atoms with Crippen molar-refractivity contribution in [2.75, 3.05) is 11.5 Å². The second-order valence-electron chi connectivity index (χ2n) is 9.10. The van der Waals surface area contributed by atoms with E-state index < -0.39 is 35.7 Å². The molecule has 0 bridgehead atoms. The molecule has 0 aliphatic carbocycles. The molecule has 41 heavy (non-hydrogen) atoms. The number of carbonyl (C=O) groups is 5. The molecule has 0 aromatic heterocycles. The van der Waals surface area contributed by atoms with Gasteiger partial charge in [0.2, 0.25) is 11.8 Å². The third-order valence-corrected chi connectivity index (χ3v) is 6.58. The Bertz CT molecular complexity index is 1480. The predicted molar refractivity (Wildman–Crippen MR) is 150 cm³/mol. The molecule has 0 spiro atoms. The molecule has 11 nitrogen and oxygen atoms in total. The number of aliphatic carboxylic acids is 1. The van der Waals surface area contributed by atoms with Crippen molar-refractivity contribution in [3.05, 3.63) is 94.0 Å². The lowest BCUT2D eigenvalue weighted by Gasteiger charge is -2.30. The maximum absolute atomic E-state index is 12.8. The second-order valence-corrected chi connectivity index (χ2v) is 9.54. The summed E-state index contributed by atoms with van der Waals surface area (Å²) in [5.41, 5.74) is 6.76. The number of hydrogen-bond acceptors (Lipinski definition) is 6. The van der Waals surface area contributed by atoms with Crippen LogP contribution in [0, 0.1) is 0 Å². The molecule has 0 aliphatic rings. The van der Waals surface area contributed by atoms with Crippen LogP contribution in [0.4, 0.5) is 11.4 Å². The first-order valence-electron chi connectivity index (χ1n) is 12.4. The van der Waals surface area contributed by atoms with Crippen molar-refractivity contribution in [2.45, 2.75) is 32.4 Å². The Balaban J connectivity index is 2.07. The summed E-state index contributed by atoms with van der Waals surface area (Å²) in [5, 5.41) is 29.4. The Morgan fingerprint density at radius 2 is 1.54 bits per heavy atom. The molecule has 1 atom stereocenters. The van der Waals surface area contributed by atoms with E-state index in [0.717, 1.165) is 4.90 Å². The number of carbonyl (C=O) groups excluding carboxylic acids is 3. The van der Waals surface area contributed by atoms with Crippen LogP contribution in [0.5, 0.6) is 0 Å². The van der Waals surface area contributed by atoms with Gasteiger partial charge in [-0.2, -0.15) is 0 Å². The lowest BCUT2D eigenvalue weighted by molar-refractivity contribution is -0.148. The molecule has 3 aromatic carbocycles. The first-order valence-corrected chi connectivity index (χ1v) is 12.8. The Kier molecular flexibility index (Phi) is 10.2. The largest absolute Gasteiger partial charge is 0.478 e. The number of para-hydroxylation sites is 1. The predicted octanol–water partition coefficient (Wildman–Crippen LogP) is 2.77. The van der Waals surface area contributed by atoms with Gasteiger partial charge in [-0.1, -0.05) is 48.0 Å². The summed E-state index contributed by atoms with van der Waals surface area (Å²) in [6.45, 7) is 0.998. The van der Waals surface area contributed by atoms with Crippen LogP contribution < -0.4 is 10.6 Å². The Morgan fingerprint density at radius 1 is 0.902 bits per heavy atom. The van der Waals surface area contributed by atoms with Crippen molar-refractivity contribution in [3.8, 4) is 0 Å². The number of amides is 3. The van der Waals surface area contributed by atoms with Crippen LogP contribution in [0.1, 0.15) is 34.0 Å². The average molecular weight is 582 g/mol. The topological polar surface area (TPSA) is 179 Å². The van der Waals surface area contributed by atoms with Crippen molar-refractivity contribution in [1.82, 2.24) is 4.90 Å². The maximum Gasteiger partial charge on any atom is 0.395 e. The summed E-state index contributed by atoms with van der Waals surface area (Å²) in [7, 11) is 0. The fourth-order valence-corrected chi connectivity index (χ4v) is 4.54. The summed E-state index contributed by atoms with van der Waals surface area (Å²) in [6, 6.07) is 15.5. The fraction of sp³-hybridized carbons (Fsp3) is 0.207. The van der Waals surface area contributed by atoms with Crippen LogP contribution in [0.25, 0.3) is 0 Å². The molecule has 0 saturated heterocycles. The second kappa shape index (κ2) is 13.6. The zero-order valence-electron chi connectivity index (χ0n) is 22.0. The molecule has 3 amide bonds. The highest BCUT2D eigenvalue weighted by Gasteiger charge is 2.31. The van der Waals surface area contributed by atoms with E-state index in [1.165, 1.54) is 48.2 Å². The van der Waals surface area contributed by atoms with Gasteiger partial charge in [-0.3, -0.25) is 19.3 Å². The normalized spacial score (nSPS) is 11.4. The van der Waals surface area contributed by atoms with Crippen LogP contribution in [-0.2, 0) is 38.6 Å². The molecule has 214 valence electrons. The smallest absolute Gasteiger partial charge is 0.395 e. The van der Waals surface area contributed by atoms with Gasteiger partial charge < -0.3 is 26.0 Å². The van der Waals surface area contributed by atoms with Gasteiger partial charge in [0.05, 0.1) is 16.9 Å². The zero-order chi connectivity index (χ0) is 30.3. The number of aromatic carboxylic acids is 1. The van der Waals surface area contributed by atoms with E-state index in [2.05, 4.69) is 0 Å². The lowest BCUT2D eigenvalue weighted by Crippen LogP contribution is -2.48. The van der Waals surface area contributed by atoms with Gasteiger partial charge in [-0.15, -0.1) is 0 Å². The summed E-state index contributed by atoms with van der Waals surface area (Å²) >= 11 is 5.95. The van der Waals surface area contributed by atoms with Crippen molar-refractivity contribution in [2.24, 2.45) is 5.73 Å². The number of benzene rings is 3. The quantitative estimate of drug-likeness (QED) is 0.250.